The zero-order valence-corrected chi connectivity index (χ0v) is 14.1. The first kappa shape index (κ1) is 14.4. The van der Waals surface area contributed by atoms with Gasteiger partial charge in [-0.2, -0.15) is 5.10 Å². The minimum absolute atomic E-state index is 0.0408. The van der Waals surface area contributed by atoms with Crippen LogP contribution in [0.15, 0.2) is 17.6 Å². The Morgan fingerprint density at radius 1 is 1.35 bits per heavy atom. The van der Waals surface area contributed by atoms with Crippen LogP contribution in [0.5, 0.6) is 0 Å². The molecule has 7 heteroatoms. The van der Waals surface area contributed by atoms with Crippen LogP contribution in [0, 0.1) is 13.8 Å². The average Bonchev–Trinajstić information content (AvgIpc) is 3.27. The van der Waals surface area contributed by atoms with Gasteiger partial charge in [0.05, 0.1) is 5.69 Å². The number of carbonyl (C=O) groups is 1. The van der Waals surface area contributed by atoms with Gasteiger partial charge >= 0.3 is 0 Å². The van der Waals surface area contributed by atoms with Crippen molar-refractivity contribution < 1.29 is 4.79 Å². The molecule has 120 valence electrons. The zero-order chi connectivity index (χ0) is 16.0. The molecule has 1 N–H and O–H groups in total. The van der Waals surface area contributed by atoms with E-state index in [9.17, 15) is 4.79 Å². The van der Waals surface area contributed by atoms with E-state index in [2.05, 4.69) is 33.8 Å². The molecule has 0 bridgehead atoms. The predicted molar refractivity (Wildman–Crippen MR) is 89.0 cm³/mol. The van der Waals surface area contributed by atoms with Crippen molar-refractivity contribution in [2.24, 2.45) is 0 Å². The number of carbonyl (C=O) groups excluding carboxylic acids is 1. The summed E-state index contributed by atoms with van der Waals surface area (Å²) in [6.07, 6.45) is 3.54. The van der Waals surface area contributed by atoms with E-state index in [0.717, 1.165) is 31.8 Å². The Morgan fingerprint density at radius 3 is 2.83 bits per heavy atom. The number of aromatic nitrogens is 4. The van der Waals surface area contributed by atoms with Crippen LogP contribution in [0.1, 0.15) is 46.5 Å². The largest absolute Gasteiger partial charge is 0.337 e. The number of hydrogen-bond acceptors (Lipinski definition) is 4. The Morgan fingerprint density at radius 2 is 2.13 bits per heavy atom. The van der Waals surface area contributed by atoms with Crippen molar-refractivity contribution in [3.05, 3.63) is 40.5 Å². The Hall–Kier alpha value is -2.15. The number of amides is 1. The van der Waals surface area contributed by atoms with Gasteiger partial charge in [0.25, 0.3) is 5.91 Å². The molecule has 0 spiro atoms. The van der Waals surface area contributed by atoms with Crippen molar-refractivity contribution in [1.82, 2.24) is 24.5 Å². The van der Waals surface area contributed by atoms with Crippen molar-refractivity contribution in [3.63, 3.8) is 0 Å². The summed E-state index contributed by atoms with van der Waals surface area (Å²) in [7, 11) is 0. The summed E-state index contributed by atoms with van der Waals surface area (Å²) >= 11 is 1.77. The zero-order valence-electron chi connectivity index (χ0n) is 13.2. The number of nitrogens with one attached hydrogen (secondary N) is 1. The summed E-state index contributed by atoms with van der Waals surface area (Å²) in [6, 6.07) is 1.73. The van der Waals surface area contributed by atoms with Gasteiger partial charge in [0.2, 0.25) is 0 Å². The number of likely N-dealkylation sites (tertiary alicyclic amines) is 1. The molecule has 4 heterocycles. The average molecular weight is 329 g/mol. The van der Waals surface area contributed by atoms with E-state index in [4.69, 9.17) is 4.98 Å². The molecular weight excluding hydrogens is 310 g/mol. The highest BCUT2D eigenvalue weighted by Gasteiger charge is 2.28. The monoisotopic (exact) mass is 329 g/mol. The number of imidazole rings is 1. The van der Waals surface area contributed by atoms with E-state index in [1.807, 2.05) is 4.90 Å². The SMILES string of the molecule is Cc1csc2c(C3CCN(C(=O)c4ccn[nH]4)CC3)nc(C)n12. The molecule has 1 aliphatic rings. The third kappa shape index (κ3) is 2.35. The van der Waals surface area contributed by atoms with Gasteiger partial charge < -0.3 is 4.90 Å². The topological polar surface area (TPSA) is 66.3 Å². The molecular formula is C16H19N5OS. The van der Waals surface area contributed by atoms with Crippen LogP contribution in [0.3, 0.4) is 0 Å². The summed E-state index contributed by atoms with van der Waals surface area (Å²) in [5, 5.41) is 8.79. The minimum atomic E-state index is 0.0408. The van der Waals surface area contributed by atoms with Crippen molar-refractivity contribution in [2.75, 3.05) is 13.1 Å². The van der Waals surface area contributed by atoms with Crippen LogP contribution in [-0.2, 0) is 0 Å². The number of piperidine rings is 1. The standard InChI is InChI=1S/C16H19N5OS/c1-10-9-23-16-14(18-11(2)21(10)16)12-4-7-20(8-5-12)15(22)13-3-6-17-19-13/h3,6,9,12H,4-5,7-8H2,1-2H3,(H,17,19). The van der Waals surface area contributed by atoms with Crippen LogP contribution in [0.2, 0.25) is 0 Å². The van der Waals surface area contributed by atoms with E-state index in [1.54, 1.807) is 23.6 Å². The van der Waals surface area contributed by atoms with E-state index < -0.39 is 0 Å². The highest BCUT2D eigenvalue weighted by Crippen LogP contribution is 2.34. The van der Waals surface area contributed by atoms with Crippen molar-refractivity contribution in [2.45, 2.75) is 32.6 Å². The van der Waals surface area contributed by atoms with Crippen LogP contribution < -0.4 is 0 Å². The van der Waals surface area contributed by atoms with Gasteiger partial charge in [-0.05, 0) is 32.8 Å². The lowest BCUT2D eigenvalue weighted by molar-refractivity contribution is 0.0706. The number of hydrogen-bond donors (Lipinski definition) is 1. The van der Waals surface area contributed by atoms with Gasteiger partial charge in [0.15, 0.2) is 0 Å². The first-order valence-electron chi connectivity index (χ1n) is 7.87. The first-order chi connectivity index (χ1) is 11.1. The highest BCUT2D eigenvalue weighted by molar-refractivity contribution is 7.15. The van der Waals surface area contributed by atoms with Gasteiger partial charge in [0, 0.05) is 36.3 Å². The summed E-state index contributed by atoms with van der Waals surface area (Å²) < 4.78 is 2.24. The number of thiazole rings is 1. The second kappa shape index (κ2) is 5.49. The summed E-state index contributed by atoms with van der Waals surface area (Å²) in [4.78, 5) is 20.3. The fraction of sp³-hybridized carbons (Fsp3) is 0.438. The molecule has 23 heavy (non-hydrogen) atoms. The van der Waals surface area contributed by atoms with Gasteiger partial charge in [0.1, 0.15) is 16.3 Å². The number of fused-ring (bicyclic) bond motifs is 1. The Labute approximate surface area is 138 Å². The van der Waals surface area contributed by atoms with Crippen molar-refractivity contribution in [1.29, 1.82) is 0 Å². The lowest BCUT2D eigenvalue weighted by Gasteiger charge is -2.31. The Bertz CT molecular complexity index is 839. The number of H-pyrrole nitrogens is 1. The third-order valence-electron chi connectivity index (χ3n) is 4.62. The maximum absolute atomic E-state index is 12.4. The molecule has 0 aromatic carbocycles. The fourth-order valence-electron chi connectivity index (χ4n) is 3.42. The fourth-order valence-corrected chi connectivity index (χ4v) is 4.53. The van der Waals surface area contributed by atoms with Gasteiger partial charge in [-0.3, -0.25) is 14.3 Å². The van der Waals surface area contributed by atoms with E-state index >= 15 is 0 Å². The van der Waals surface area contributed by atoms with Crippen LogP contribution in [-0.4, -0.2) is 43.5 Å². The Kier molecular flexibility index (Phi) is 3.45. The van der Waals surface area contributed by atoms with Crippen LogP contribution in [0.4, 0.5) is 0 Å². The number of rotatable bonds is 2. The molecule has 1 saturated heterocycles. The summed E-state index contributed by atoms with van der Waals surface area (Å²) in [5.41, 5.74) is 3.01. The van der Waals surface area contributed by atoms with Crippen molar-refractivity contribution >= 4 is 22.1 Å². The lowest BCUT2D eigenvalue weighted by atomic mass is 9.94. The van der Waals surface area contributed by atoms with E-state index in [0.29, 0.717) is 11.6 Å². The van der Waals surface area contributed by atoms with Gasteiger partial charge in [-0.1, -0.05) is 0 Å². The number of nitrogens with zero attached hydrogens (tertiary/aromatic N) is 4. The number of aryl methyl sites for hydroxylation is 2. The second-order valence-electron chi connectivity index (χ2n) is 6.10. The lowest BCUT2D eigenvalue weighted by Crippen LogP contribution is -2.38. The molecule has 1 aliphatic heterocycles. The molecule has 3 aromatic heterocycles. The molecule has 3 aromatic rings. The molecule has 0 saturated carbocycles. The van der Waals surface area contributed by atoms with E-state index in [-0.39, 0.29) is 5.91 Å². The molecule has 0 unspecified atom stereocenters. The maximum Gasteiger partial charge on any atom is 0.271 e. The predicted octanol–water partition coefficient (Wildman–Crippen LogP) is 2.76. The third-order valence-corrected chi connectivity index (χ3v) is 5.70. The molecule has 0 aliphatic carbocycles. The minimum Gasteiger partial charge on any atom is -0.337 e. The van der Waals surface area contributed by atoms with E-state index in [1.165, 1.54) is 16.2 Å². The summed E-state index contributed by atoms with van der Waals surface area (Å²) in [6.45, 7) is 5.72. The normalized spacial score (nSPS) is 16.3. The molecule has 6 nitrogen and oxygen atoms in total. The van der Waals surface area contributed by atoms with Gasteiger partial charge in [-0.25, -0.2) is 4.98 Å². The molecule has 1 amide bonds. The Balaban J connectivity index is 1.52. The summed E-state index contributed by atoms with van der Waals surface area (Å²) in [5.74, 6) is 1.53. The first-order valence-corrected chi connectivity index (χ1v) is 8.75. The molecule has 0 radical (unpaired) electrons. The molecule has 4 rings (SSSR count). The second-order valence-corrected chi connectivity index (χ2v) is 6.96. The quantitative estimate of drug-likeness (QED) is 0.786. The highest BCUT2D eigenvalue weighted by atomic mass is 32.1. The van der Waals surface area contributed by atoms with Crippen LogP contribution >= 0.6 is 11.3 Å². The molecule has 0 atom stereocenters. The number of aromatic amines is 1. The van der Waals surface area contributed by atoms with Crippen molar-refractivity contribution in [3.8, 4) is 0 Å². The maximum atomic E-state index is 12.4. The van der Waals surface area contributed by atoms with Crippen LogP contribution in [0.25, 0.3) is 4.83 Å². The smallest absolute Gasteiger partial charge is 0.271 e. The molecule has 1 fully saturated rings. The van der Waals surface area contributed by atoms with Gasteiger partial charge in [-0.15, -0.1) is 11.3 Å².